The van der Waals surface area contributed by atoms with Crippen molar-refractivity contribution < 1.29 is 8.42 Å². The molecule has 0 aliphatic carbocycles. The molecular weight excluding hydrogens is 328 g/mol. The number of imidazole rings is 1. The van der Waals surface area contributed by atoms with Crippen LogP contribution in [0.25, 0.3) is 11.2 Å². The van der Waals surface area contributed by atoms with Crippen LogP contribution in [0.3, 0.4) is 0 Å². The number of rotatable bonds is 4. The van der Waals surface area contributed by atoms with E-state index in [4.69, 9.17) is 0 Å². The molecule has 0 aliphatic heterocycles. The predicted octanol–water partition coefficient (Wildman–Crippen LogP) is 2.21. The topological polar surface area (TPSA) is 108 Å². The number of fused-ring (bicyclic) bond motifs is 1. The second kappa shape index (κ2) is 5.46. The van der Waals surface area contributed by atoms with Crippen molar-refractivity contribution in [3.05, 3.63) is 61.3 Å². The van der Waals surface area contributed by atoms with Crippen molar-refractivity contribution in [1.29, 1.82) is 0 Å². The minimum absolute atomic E-state index is 0.158. The lowest BCUT2D eigenvalue weighted by Gasteiger charge is -2.22. The van der Waals surface area contributed by atoms with Crippen molar-refractivity contribution >= 4 is 32.8 Å². The molecule has 9 heteroatoms. The molecule has 0 unspecified atom stereocenters. The average Bonchev–Trinajstić information content (AvgIpc) is 3.27. The Morgan fingerprint density at radius 2 is 1.75 bits per heavy atom. The summed E-state index contributed by atoms with van der Waals surface area (Å²) in [6.07, 6.45) is 4.38. The molecule has 0 atom stereocenters. The highest BCUT2D eigenvalue weighted by molar-refractivity contribution is 7.93. The SMILES string of the molecule is O=S(=O)(c1ccccc1)N(c1ccc[nH]1)c1ncnc2nc[nH]c12. The number of aromatic nitrogens is 5. The summed E-state index contributed by atoms with van der Waals surface area (Å²) in [5.74, 6) is 0.567. The number of sulfonamides is 1. The van der Waals surface area contributed by atoms with Gasteiger partial charge < -0.3 is 9.97 Å². The summed E-state index contributed by atoms with van der Waals surface area (Å²) >= 11 is 0. The van der Waals surface area contributed by atoms with Gasteiger partial charge in [0.1, 0.15) is 17.7 Å². The van der Waals surface area contributed by atoms with Crippen LogP contribution in [0.1, 0.15) is 0 Å². The number of aromatic amines is 2. The number of nitrogens with zero attached hydrogens (tertiary/aromatic N) is 4. The fraction of sp³-hybridized carbons (Fsp3) is 0. The van der Waals surface area contributed by atoms with Gasteiger partial charge in [0.05, 0.1) is 11.2 Å². The van der Waals surface area contributed by atoms with Crippen molar-refractivity contribution in [3.8, 4) is 0 Å². The fourth-order valence-corrected chi connectivity index (χ4v) is 3.86. The lowest BCUT2D eigenvalue weighted by molar-refractivity contribution is 0.595. The summed E-state index contributed by atoms with van der Waals surface area (Å²) in [7, 11) is -3.88. The van der Waals surface area contributed by atoms with E-state index in [1.54, 1.807) is 36.5 Å². The molecule has 0 saturated heterocycles. The molecule has 0 aliphatic rings. The number of benzene rings is 1. The minimum atomic E-state index is -3.88. The van der Waals surface area contributed by atoms with E-state index in [0.717, 1.165) is 4.31 Å². The number of nitrogens with one attached hydrogen (secondary N) is 2. The summed E-state index contributed by atoms with van der Waals surface area (Å²) < 4.78 is 27.6. The summed E-state index contributed by atoms with van der Waals surface area (Å²) in [5.41, 5.74) is 0.825. The third-order valence-corrected chi connectivity index (χ3v) is 5.20. The molecule has 120 valence electrons. The van der Waals surface area contributed by atoms with Crippen molar-refractivity contribution in [3.63, 3.8) is 0 Å². The first-order valence-corrected chi connectivity index (χ1v) is 8.50. The maximum atomic E-state index is 13.2. The third-order valence-electron chi connectivity index (χ3n) is 3.48. The summed E-state index contributed by atoms with van der Waals surface area (Å²) in [4.78, 5) is 18.2. The van der Waals surface area contributed by atoms with E-state index in [0.29, 0.717) is 17.0 Å². The highest BCUT2D eigenvalue weighted by Crippen LogP contribution is 2.32. The molecule has 0 fully saturated rings. The van der Waals surface area contributed by atoms with Gasteiger partial charge in [-0.3, -0.25) is 0 Å². The lowest BCUT2D eigenvalue weighted by Crippen LogP contribution is -2.27. The second-order valence-electron chi connectivity index (χ2n) is 4.94. The maximum absolute atomic E-state index is 13.2. The minimum Gasteiger partial charge on any atom is -0.347 e. The van der Waals surface area contributed by atoms with E-state index in [2.05, 4.69) is 24.9 Å². The standard InChI is InChI=1S/C15H12N6O2S/c22-24(23,11-5-2-1-3-6-11)21(12-7-4-8-16-12)15-13-14(18-9-17-13)19-10-20-15/h1-10,16H,(H,17,18,19,20). The van der Waals surface area contributed by atoms with Gasteiger partial charge in [0, 0.05) is 6.20 Å². The van der Waals surface area contributed by atoms with Crippen molar-refractivity contribution in [2.24, 2.45) is 0 Å². The van der Waals surface area contributed by atoms with Crippen LogP contribution in [0.5, 0.6) is 0 Å². The Kier molecular flexibility index (Phi) is 3.28. The van der Waals surface area contributed by atoms with Crippen LogP contribution in [0.2, 0.25) is 0 Å². The lowest BCUT2D eigenvalue weighted by atomic mass is 10.4. The molecule has 8 nitrogen and oxygen atoms in total. The van der Waals surface area contributed by atoms with Gasteiger partial charge in [-0.25, -0.2) is 23.4 Å². The highest BCUT2D eigenvalue weighted by atomic mass is 32.2. The molecule has 0 amide bonds. The fourth-order valence-electron chi connectivity index (χ4n) is 2.41. The van der Waals surface area contributed by atoms with E-state index >= 15 is 0 Å². The molecule has 0 radical (unpaired) electrons. The van der Waals surface area contributed by atoms with Gasteiger partial charge in [0.2, 0.25) is 0 Å². The normalized spacial score (nSPS) is 11.7. The summed E-state index contributed by atoms with van der Waals surface area (Å²) in [6, 6.07) is 11.6. The van der Waals surface area contributed by atoms with Gasteiger partial charge in [-0.2, -0.15) is 4.31 Å². The Hall–Kier alpha value is -3.20. The Balaban J connectivity index is 1.99. The summed E-state index contributed by atoms with van der Waals surface area (Å²) in [6.45, 7) is 0. The van der Waals surface area contributed by atoms with Crippen LogP contribution in [-0.4, -0.2) is 33.3 Å². The molecule has 1 aromatic carbocycles. The molecule has 3 heterocycles. The molecule has 3 aromatic heterocycles. The molecule has 0 bridgehead atoms. The highest BCUT2D eigenvalue weighted by Gasteiger charge is 2.30. The third kappa shape index (κ3) is 2.22. The largest absolute Gasteiger partial charge is 0.347 e. The van der Waals surface area contributed by atoms with E-state index in [-0.39, 0.29) is 10.7 Å². The molecule has 4 rings (SSSR count). The molecule has 4 aromatic rings. The number of hydrogen-bond donors (Lipinski definition) is 2. The Bertz CT molecular complexity index is 1070. The van der Waals surface area contributed by atoms with Crippen LogP contribution < -0.4 is 4.31 Å². The molecular formula is C15H12N6O2S. The van der Waals surface area contributed by atoms with Gasteiger partial charge in [-0.1, -0.05) is 18.2 Å². The molecule has 0 spiro atoms. The Morgan fingerprint density at radius 1 is 0.917 bits per heavy atom. The zero-order valence-electron chi connectivity index (χ0n) is 12.3. The molecule has 0 saturated carbocycles. The number of H-pyrrole nitrogens is 2. The monoisotopic (exact) mass is 340 g/mol. The van der Waals surface area contributed by atoms with Crippen molar-refractivity contribution in [2.45, 2.75) is 4.90 Å². The van der Waals surface area contributed by atoms with Crippen LogP contribution in [-0.2, 0) is 10.0 Å². The van der Waals surface area contributed by atoms with Gasteiger partial charge in [-0.05, 0) is 24.3 Å². The Morgan fingerprint density at radius 3 is 2.50 bits per heavy atom. The maximum Gasteiger partial charge on any atom is 0.271 e. The zero-order chi connectivity index (χ0) is 16.6. The van der Waals surface area contributed by atoms with Crippen LogP contribution in [0.4, 0.5) is 11.6 Å². The van der Waals surface area contributed by atoms with Crippen molar-refractivity contribution in [2.75, 3.05) is 4.31 Å². The Labute approximate surface area is 137 Å². The van der Waals surface area contributed by atoms with Crippen LogP contribution in [0.15, 0.2) is 66.2 Å². The zero-order valence-corrected chi connectivity index (χ0v) is 13.1. The van der Waals surface area contributed by atoms with E-state index in [9.17, 15) is 8.42 Å². The second-order valence-corrected chi connectivity index (χ2v) is 6.72. The van der Waals surface area contributed by atoms with Crippen LogP contribution in [0, 0.1) is 0 Å². The first kappa shape index (κ1) is 14.4. The molecule has 2 N–H and O–H groups in total. The van der Waals surface area contributed by atoms with Gasteiger partial charge in [-0.15, -0.1) is 0 Å². The number of anilines is 2. The van der Waals surface area contributed by atoms with E-state index in [1.807, 2.05) is 0 Å². The first-order chi connectivity index (χ1) is 11.7. The number of hydrogen-bond acceptors (Lipinski definition) is 5. The first-order valence-electron chi connectivity index (χ1n) is 7.06. The van der Waals surface area contributed by atoms with Gasteiger partial charge >= 0.3 is 0 Å². The molecule has 24 heavy (non-hydrogen) atoms. The predicted molar refractivity (Wildman–Crippen MR) is 88.2 cm³/mol. The summed E-state index contributed by atoms with van der Waals surface area (Å²) in [5, 5.41) is 0. The van der Waals surface area contributed by atoms with Crippen LogP contribution >= 0.6 is 0 Å². The van der Waals surface area contributed by atoms with E-state index < -0.39 is 10.0 Å². The van der Waals surface area contributed by atoms with Gasteiger partial charge in [0.15, 0.2) is 11.5 Å². The van der Waals surface area contributed by atoms with Gasteiger partial charge in [0.25, 0.3) is 10.0 Å². The van der Waals surface area contributed by atoms with Crippen molar-refractivity contribution in [1.82, 2.24) is 24.9 Å². The average molecular weight is 340 g/mol. The quantitative estimate of drug-likeness (QED) is 0.592. The van der Waals surface area contributed by atoms with E-state index in [1.165, 1.54) is 24.8 Å². The smallest absolute Gasteiger partial charge is 0.271 e.